The van der Waals surface area contributed by atoms with Gasteiger partial charge in [0.25, 0.3) is 0 Å². The number of hydrogen-bond donors (Lipinski definition) is 0. The second-order valence-electron chi connectivity index (χ2n) is 4.82. The predicted octanol–water partition coefficient (Wildman–Crippen LogP) is 2.18. The number of sulfonamides is 1. The normalized spacial score (nSPS) is 15.8. The highest BCUT2D eigenvalue weighted by Gasteiger charge is 2.43. The molecular weight excluding hydrogens is 309 g/mol. The van der Waals surface area contributed by atoms with Crippen LogP contribution in [0.4, 0.5) is 13.2 Å². The van der Waals surface area contributed by atoms with E-state index in [1.807, 2.05) is 0 Å². The summed E-state index contributed by atoms with van der Waals surface area (Å²) in [6, 6.07) is 2.71. The van der Waals surface area contributed by atoms with E-state index in [0.717, 1.165) is 5.56 Å². The van der Waals surface area contributed by atoms with Crippen LogP contribution in [0.25, 0.3) is 5.14 Å². The zero-order chi connectivity index (χ0) is 16.0. The van der Waals surface area contributed by atoms with E-state index < -0.39 is 28.7 Å². The van der Waals surface area contributed by atoms with E-state index >= 15 is 0 Å². The Bertz CT molecular complexity index is 698. The largest absolute Gasteiger partial charge is 0.560 e. The van der Waals surface area contributed by atoms with E-state index in [1.54, 1.807) is 6.92 Å². The minimum Gasteiger partial charge on any atom is -0.560 e. The maximum atomic E-state index is 12.5. The molecule has 1 N–H and O–H groups in total. The highest BCUT2D eigenvalue weighted by Crippen LogP contribution is 2.31. The summed E-state index contributed by atoms with van der Waals surface area (Å²) in [6.45, 7) is 1.12. The molecule has 0 aliphatic carbocycles. The van der Waals surface area contributed by atoms with Gasteiger partial charge >= 0.3 is 12.1 Å². The molecular formula is C12H12F3N2O3S-. The Kier molecular flexibility index (Phi) is 3.75. The van der Waals surface area contributed by atoms with Crippen molar-refractivity contribution in [3.05, 3.63) is 34.0 Å². The third kappa shape index (κ3) is 3.03. The van der Waals surface area contributed by atoms with Crippen LogP contribution in [0.1, 0.15) is 16.7 Å². The maximum Gasteiger partial charge on any atom is 0.471 e. The molecule has 1 aromatic carbocycles. The van der Waals surface area contributed by atoms with Crippen LogP contribution in [0.5, 0.6) is 0 Å². The van der Waals surface area contributed by atoms with Crippen LogP contribution in [0.2, 0.25) is 0 Å². The molecule has 0 saturated heterocycles. The smallest absolute Gasteiger partial charge is 0.471 e. The fourth-order valence-electron chi connectivity index (χ4n) is 2.43. The van der Waals surface area contributed by atoms with E-state index in [1.165, 1.54) is 12.1 Å². The second-order valence-corrected chi connectivity index (χ2v) is 6.26. The molecule has 1 heterocycles. The highest BCUT2D eigenvalue weighted by atomic mass is 32.2. The van der Waals surface area contributed by atoms with Gasteiger partial charge in [0.1, 0.15) is 0 Å². The van der Waals surface area contributed by atoms with Crippen molar-refractivity contribution in [2.45, 2.75) is 31.0 Å². The summed E-state index contributed by atoms with van der Waals surface area (Å²) in [6.07, 6.45) is -4.87. The number of nitrogens with zero attached hydrogens (tertiary/aromatic N) is 1. The van der Waals surface area contributed by atoms with Gasteiger partial charge in [0.2, 0.25) is 0 Å². The van der Waals surface area contributed by atoms with Gasteiger partial charge in [0, 0.05) is 13.1 Å². The van der Waals surface area contributed by atoms with E-state index in [4.69, 9.17) is 5.14 Å². The summed E-state index contributed by atoms with van der Waals surface area (Å²) < 4.78 is 60.3. The van der Waals surface area contributed by atoms with Crippen molar-refractivity contribution in [1.82, 2.24) is 4.90 Å². The molecule has 9 heteroatoms. The molecule has 0 bridgehead atoms. The number of halogens is 3. The van der Waals surface area contributed by atoms with Crippen molar-refractivity contribution in [3.63, 3.8) is 0 Å². The molecule has 1 aliphatic heterocycles. The summed E-state index contributed by atoms with van der Waals surface area (Å²) in [5, 5.41) is 7.13. The number of rotatable bonds is 1. The number of fused-ring (bicyclic) bond motifs is 1. The number of amides is 1. The van der Waals surface area contributed by atoms with Gasteiger partial charge in [-0.25, -0.2) is 8.42 Å². The lowest BCUT2D eigenvalue weighted by Gasteiger charge is -2.32. The standard InChI is InChI=1S/C12H12F3N2O3S/c1-7-2-3-10(21(16,19)20)9-6-17(5-4-8(7)9)11(18)12(13,14)15/h2-3H,4-6H2,1H3,(H-,16,19,20)/q-1. The Morgan fingerprint density at radius 3 is 2.43 bits per heavy atom. The highest BCUT2D eigenvalue weighted by molar-refractivity contribution is 7.93. The zero-order valence-corrected chi connectivity index (χ0v) is 11.8. The number of nitrogens with one attached hydrogen (secondary N) is 1. The molecule has 116 valence electrons. The first-order chi connectivity index (χ1) is 9.51. The number of hydrogen-bond acceptors (Lipinski definition) is 3. The number of aryl methyl sites for hydroxylation is 1. The van der Waals surface area contributed by atoms with Crippen LogP contribution in [0, 0.1) is 6.92 Å². The van der Waals surface area contributed by atoms with E-state index in [2.05, 4.69) is 0 Å². The molecule has 1 amide bonds. The number of carbonyl (C=O) groups excluding carboxylic acids is 1. The lowest BCUT2D eigenvalue weighted by Crippen LogP contribution is -2.44. The Morgan fingerprint density at radius 1 is 1.29 bits per heavy atom. The van der Waals surface area contributed by atoms with Gasteiger partial charge in [-0.2, -0.15) is 13.2 Å². The average Bonchev–Trinajstić information content (AvgIpc) is 2.35. The molecule has 0 atom stereocenters. The third-order valence-corrected chi connectivity index (χ3v) is 4.38. The van der Waals surface area contributed by atoms with Gasteiger partial charge in [-0.05, 0) is 36.1 Å². The van der Waals surface area contributed by atoms with Gasteiger partial charge in [-0.15, -0.1) is 0 Å². The topological polar surface area (TPSA) is 78.2 Å². The molecule has 0 radical (unpaired) electrons. The fraction of sp³-hybridized carbons (Fsp3) is 0.417. The molecule has 0 aromatic heterocycles. The molecule has 1 aliphatic rings. The van der Waals surface area contributed by atoms with Crippen molar-refractivity contribution in [2.75, 3.05) is 6.54 Å². The van der Waals surface area contributed by atoms with E-state index in [-0.39, 0.29) is 23.4 Å². The molecule has 21 heavy (non-hydrogen) atoms. The Morgan fingerprint density at radius 2 is 1.90 bits per heavy atom. The summed E-state index contributed by atoms with van der Waals surface area (Å²) in [5.41, 5.74) is 1.43. The zero-order valence-electron chi connectivity index (χ0n) is 11.0. The Hall–Kier alpha value is -1.61. The van der Waals surface area contributed by atoms with Gasteiger partial charge in [0.05, 0.1) is 14.9 Å². The van der Waals surface area contributed by atoms with Crippen LogP contribution in [-0.2, 0) is 27.8 Å². The molecule has 0 saturated carbocycles. The number of benzene rings is 1. The molecule has 0 spiro atoms. The van der Waals surface area contributed by atoms with Crippen molar-refractivity contribution >= 4 is 15.9 Å². The predicted molar refractivity (Wildman–Crippen MR) is 67.9 cm³/mol. The van der Waals surface area contributed by atoms with Crippen molar-refractivity contribution in [1.29, 1.82) is 0 Å². The third-order valence-electron chi connectivity index (χ3n) is 3.42. The van der Waals surface area contributed by atoms with Crippen LogP contribution < -0.4 is 0 Å². The maximum absolute atomic E-state index is 12.5. The Labute approximate surface area is 119 Å². The summed E-state index contributed by atoms with van der Waals surface area (Å²) >= 11 is 0. The average molecular weight is 321 g/mol. The van der Waals surface area contributed by atoms with Crippen molar-refractivity contribution < 1.29 is 26.4 Å². The summed E-state index contributed by atoms with van der Waals surface area (Å²) in [5.74, 6) is -2.00. The lowest BCUT2D eigenvalue weighted by atomic mass is 9.95. The molecule has 5 nitrogen and oxygen atoms in total. The van der Waals surface area contributed by atoms with E-state index in [9.17, 15) is 26.4 Å². The Balaban J connectivity index is 2.49. The molecule has 2 rings (SSSR count). The number of alkyl halides is 3. The van der Waals surface area contributed by atoms with Crippen LogP contribution in [-0.4, -0.2) is 31.9 Å². The first kappa shape index (κ1) is 15.8. The minimum absolute atomic E-state index is 0.105. The lowest BCUT2D eigenvalue weighted by molar-refractivity contribution is -0.186. The van der Waals surface area contributed by atoms with Gasteiger partial charge < -0.3 is 10.0 Å². The first-order valence-electron chi connectivity index (χ1n) is 5.99. The monoisotopic (exact) mass is 321 g/mol. The van der Waals surface area contributed by atoms with E-state index in [0.29, 0.717) is 10.5 Å². The van der Waals surface area contributed by atoms with Crippen molar-refractivity contribution in [3.8, 4) is 0 Å². The van der Waals surface area contributed by atoms with Gasteiger partial charge in [0.15, 0.2) is 0 Å². The molecule has 0 unspecified atom stereocenters. The molecule has 0 fully saturated rings. The van der Waals surface area contributed by atoms with Crippen molar-refractivity contribution in [2.24, 2.45) is 0 Å². The van der Waals surface area contributed by atoms with Gasteiger partial charge in [-0.3, -0.25) is 4.79 Å². The van der Waals surface area contributed by atoms with Crippen LogP contribution >= 0.6 is 0 Å². The molecule has 1 aromatic rings. The second kappa shape index (κ2) is 4.99. The SMILES string of the molecule is Cc1ccc(S([NH-])(=O)=O)c2c1CCN(C(=O)C(F)(F)F)C2. The number of carbonyl (C=O) groups is 1. The van der Waals surface area contributed by atoms with Gasteiger partial charge in [-0.1, -0.05) is 6.07 Å². The minimum atomic E-state index is -5.00. The first-order valence-corrected chi connectivity index (χ1v) is 7.47. The van der Waals surface area contributed by atoms with Crippen LogP contribution in [0.3, 0.4) is 0 Å². The van der Waals surface area contributed by atoms with Crippen LogP contribution in [0.15, 0.2) is 17.0 Å². The fourth-order valence-corrected chi connectivity index (χ4v) is 3.19. The summed E-state index contributed by atoms with van der Waals surface area (Å²) in [4.78, 5) is 11.5. The summed E-state index contributed by atoms with van der Waals surface area (Å²) in [7, 11) is -4.31. The quantitative estimate of drug-likeness (QED) is 0.795.